The van der Waals surface area contributed by atoms with E-state index in [1.165, 1.54) is 6.08 Å². The second kappa shape index (κ2) is 10.9. The van der Waals surface area contributed by atoms with Crippen molar-refractivity contribution in [2.24, 2.45) is 0 Å². The predicted molar refractivity (Wildman–Crippen MR) is 155 cm³/mol. The monoisotopic (exact) mass is 571 g/mol. The number of carbonyl (C=O) groups excluding carboxylic acids is 3. The van der Waals surface area contributed by atoms with Crippen LogP contribution in [-0.4, -0.2) is 63.5 Å². The van der Waals surface area contributed by atoms with E-state index >= 15 is 0 Å². The zero-order valence-corrected chi connectivity index (χ0v) is 22.7. The minimum absolute atomic E-state index is 0.0283. The van der Waals surface area contributed by atoms with E-state index in [2.05, 4.69) is 31.7 Å². The number of halogens is 1. The number of aromatic nitrogens is 3. The van der Waals surface area contributed by atoms with E-state index in [1.807, 2.05) is 36.2 Å². The lowest BCUT2D eigenvalue weighted by Crippen LogP contribution is -2.33. The molecule has 208 valence electrons. The number of fused-ring (bicyclic) bond motifs is 1. The van der Waals surface area contributed by atoms with Crippen molar-refractivity contribution >= 4 is 64.2 Å². The molecule has 0 spiro atoms. The van der Waals surface area contributed by atoms with Crippen molar-refractivity contribution in [3.05, 3.63) is 82.6 Å². The molecule has 4 heterocycles. The lowest BCUT2D eigenvalue weighted by molar-refractivity contribution is -0.115. The molecule has 5 N–H and O–H groups in total. The van der Waals surface area contributed by atoms with Crippen LogP contribution in [-0.2, 0) is 4.79 Å². The number of imide groups is 1. The van der Waals surface area contributed by atoms with Gasteiger partial charge in [-0.05, 0) is 55.9 Å². The summed E-state index contributed by atoms with van der Waals surface area (Å²) >= 11 is 6.18. The SMILES string of the molecule is CNC1CCN(C(=O)c2cccc(Nc3cc(Nc4cccc(Cl)c4)nc4c(/C=C5\NC(=O)NC5=O)cnn34)c2)C1. The smallest absolute Gasteiger partial charge is 0.326 e. The molecule has 0 saturated carbocycles. The van der Waals surface area contributed by atoms with Gasteiger partial charge in [-0.25, -0.2) is 9.78 Å². The molecule has 2 aromatic carbocycles. The molecular weight excluding hydrogens is 546 g/mol. The Balaban J connectivity index is 1.36. The summed E-state index contributed by atoms with van der Waals surface area (Å²) < 4.78 is 1.58. The topological polar surface area (TPSA) is 145 Å². The van der Waals surface area contributed by atoms with Crippen LogP contribution in [0.15, 0.2) is 66.5 Å². The van der Waals surface area contributed by atoms with Gasteiger partial charge in [0.15, 0.2) is 5.65 Å². The average molecular weight is 572 g/mol. The van der Waals surface area contributed by atoms with E-state index in [0.717, 1.165) is 12.1 Å². The van der Waals surface area contributed by atoms with Crippen LogP contribution in [0.1, 0.15) is 22.3 Å². The maximum atomic E-state index is 13.2. The van der Waals surface area contributed by atoms with Crippen molar-refractivity contribution < 1.29 is 14.4 Å². The van der Waals surface area contributed by atoms with Crippen LogP contribution in [0.4, 0.5) is 27.8 Å². The van der Waals surface area contributed by atoms with Gasteiger partial charge in [0.05, 0.1) is 6.20 Å². The third kappa shape index (κ3) is 5.55. The standard InChI is InChI=1S/C28H26ClN9O3/c1-30-21-8-9-37(15-21)27(40)16-4-2-6-19(10-16)33-24-13-23(32-20-7-3-5-18(29)12-20)35-25-17(14-31-38(24)25)11-22-26(39)36-28(41)34-22/h2-7,10-14,21,30,33H,8-9,15H2,1H3,(H,32,35)(H2,34,36,39,41)/b22-11-. The fourth-order valence-corrected chi connectivity index (χ4v) is 5.02. The first-order chi connectivity index (χ1) is 19.9. The van der Waals surface area contributed by atoms with Gasteiger partial charge in [-0.2, -0.15) is 9.61 Å². The van der Waals surface area contributed by atoms with Gasteiger partial charge in [-0.3, -0.25) is 14.9 Å². The second-order valence-electron chi connectivity index (χ2n) is 9.69. The van der Waals surface area contributed by atoms with E-state index in [4.69, 9.17) is 16.6 Å². The molecule has 12 nitrogen and oxygen atoms in total. The number of nitrogens with one attached hydrogen (secondary N) is 5. The largest absolute Gasteiger partial charge is 0.340 e. The zero-order chi connectivity index (χ0) is 28.5. The van der Waals surface area contributed by atoms with Crippen molar-refractivity contribution in [1.29, 1.82) is 0 Å². The summed E-state index contributed by atoms with van der Waals surface area (Å²) in [6, 6.07) is 16.0. The molecule has 0 radical (unpaired) electrons. The van der Waals surface area contributed by atoms with Crippen LogP contribution < -0.4 is 26.6 Å². The minimum Gasteiger partial charge on any atom is -0.340 e. The van der Waals surface area contributed by atoms with E-state index < -0.39 is 11.9 Å². The van der Waals surface area contributed by atoms with Crippen LogP contribution in [0.25, 0.3) is 11.7 Å². The minimum atomic E-state index is -0.596. The summed E-state index contributed by atoms with van der Waals surface area (Å²) in [5.41, 5.74) is 2.99. The average Bonchev–Trinajstić information content (AvgIpc) is 3.67. The normalized spacial score (nSPS) is 17.7. The number of urea groups is 1. The number of rotatable bonds is 7. The first kappa shape index (κ1) is 26.3. The van der Waals surface area contributed by atoms with Crippen LogP contribution >= 0.6 is 11.6 Å². The Morgan fingerprint density at radius 2 is 1.88 bits per heavy atom. The quantitative estimate of drug-likeness (QED) is 0.167. The fourth-order valence-electron chi connectivity index (χ4n) is 4.83. The highest BCUT2D eigenvalue weighted by molar-refractivity contribution is 6.30. The summed E-state index contributed by atoms with van der Waals surface area (Å²) in [6.45, 7) is 1.37. The summed E-state index contributed by atoms with van der Waals surface area (Å²) in [5.74, 6) is 0.454. The van der Waals surface area contributed by atoms with Crippen molar-refractivity contribution in [3.63, 3.8) is 0 Å². The molecule has 1 atom stereocenters. The summed E-state index contributed by atoms with van der Waals surface area (Å²) in [7, 11) is 1.91. The Morgan fingerprint density at radius 1 is 1.07 bits per heavy atom. The van der Waals surface area contributed by atoms with E-state index in [1.54, 1.807) is 41.0 Å². The molecule has 4 amide bonds. The van der Waals surface area contributed by atoms with Crippen LogP contribution in [0, 0.1) is 0 Å². The molecule has 2 aliphatic heterocycles. The van der Waals surface area contributed by atoms with Crippen molar-refractivity contribution in [2.75, 3.05) is 30.8 Å². The number of hydrogen-bond donors (Lipinski definition) is 5. The van der Waals surface area contributed by atoms with E-state index in [9.17, 15) is 14.4 Å². The number of anilines is 4. The molecule has 4 aromatic rings. The molecule has 2 fully saturated rings. The maximum absolute atomic E-state index is 13.2. The van der Waals surface area contributed by atoms with Crippen LogP contribution in [0.3, 0.4) is 0 Å². The molecule has 2 saturated heterocycles. The highest BCUT2D eigenvalue weighted by Crippen LogP contribution is 2.27. The molecule has 13 heteroatoms. The summed E-state index contributed by atoms with van der Waals surface area (Å²) in [4.78, 5) is 43.5. The van der Waals surface area contributed by atoms with Gasteiger partial charge in [0.25, 0.3) is 11.8 Å². The number of likely N-dealkylation sites (N-methyl/N-ethyl adjacent to an activating group) is 1. The lowest BCUT2D eigenvalue weighted by Gasteiger charge is -2.17. The van der Waals surface area contributed by atoms with Crippen LogP contribution in [0.5, 0.6) is 0 Å². The maximum Gasteiger partial charge on any atom is 0.326 e. The summed E-state index contributed by atoms with van der Waals surface area (Å²) in [6.07, 6.45) is 3.98. The third-order valence-electron chi connectivity index (χ3n) is 6.88. The highest BCUT2D eigenvalue weighted by Gasteiger charge is 2.26. The molecule has 6 rings (SSSR count). The Labute approximate surface area is 239 Å². The Bertz CT molecular complexity index is 1720. The Morgan fingerprint density at radius 3 is 2.61 bits per heavy atom. The molecule has 2 aliphatic rings. The molecule has 41 heavy (non-hydrogen) atoms. The molecule has 2 aromatic heterocycles. The number of carbonyl (C=O) groups is 3. The predicted octanol–water partition coefficient (Wildman–Crippen LogP) is 3.48. The Hall–Kier alpha value is -4.94. The lowest BCUT2D eigenvalue weighted by atomic mass is 10.1. The van der Waals surface area contributed by atoms with Gasteiger partial charge >= 0.3 is 6.03 Å². The fraction of sp³-hybridized carbons (Fsp3) is 0.179. The second-order valence-corrected chi connectivity index (χ2v) is 10.1. The van der Waals surface area contributed by atoms with Crippen molar-refractivity contribution in [1.82, 2.24) is 35.4 Å². The number of benzene rings is 2. The molecule has 0 bridgehead atoms. The van der Waals surface area contributed by atoms with E-state index in [-0.39, 0.29) is 11.6 Å². The van der Waals surface area contributed by atoms with Gasteiger partial charge in [-0.1, -0.05) is 23.7 Å². The molecule has 1 unspecified atom stereocenters. The first-order valence-electron chi connectivity index (χ1n) is 13.0. The Kier molecular flexibility index (Phi) is 7.00. The number of likely N-dealkylation sites (tertiary alicyclic amines) is 1. The van der Waals surface area contributed by atoms with Crippen molar-refractivity contribution in [2.45, 2.75) is 12.5 Å². The number of amides is 4. The summed E-state index contributed by atoms with van der Waals surface area (Å²) in [5, 5.41) is 19.5. The molecule has 0 aliphatic carbocycles. The zero-order valence-electron chi connectivity index (χ0n) is 21.9. The number of hydrogen-bond acceptors (Lipinski definition) is 8. The third-order valence-corrected chi connectivity index (χ3v) is 7.12. The highest BCUT2D eigenvalue weighted by atomic mass is 35.5. The van der Waals surface area contributed by atoms with Gasteiger partial charge in [0.1, 0.15) is 17.3 Å². The van der Waals surface area contributed by atoms with Gasteiger partial charge in [-0.15, -0.1) is 0 Å². The first-order valence-corrected chi connectivity index (χ1v) is 13.3. The van der Waals surface area contributed by atoms with Crippen LogP contribution in [0.2, 0.25) is 5.02 Å². The number of nitrogens with zero attached hydrogens (tertiary/aromatic N) is 4. The van der Waals surface area contributed by atoms with Gasteiger partial charge in [0.2, 0.25) is 0 Å². The molecular formula is C28H26ClN9O3. The van der Waals surface area contributed by atoms with Gasteiger partial charge < -0.3 is 26.2 Å². The van der Waals surface area contributed by atoms with Crippen molar-refractivity contribution in [3.8, 4) is 0 Å². The van der Waals surface area contributed by atoms with Gasteiger partial charge in [0, 0.05) is 52.7 Å². The van der Waals surface area contributed by atoms with E-state index in [0.29, 0.717) is 58.3 Å².